The summed E-state index contributed by atoms with van der Waals surface area (Å²) >= 11 is 4.00. The zero-order valence-electron chi connectivity index (χ0n) is 14.8. The van der Waals surface area contributed by atoms with Crippen molar-refractivity contribution in [3.8, 4) is 22.6 Å². The minimum absolute atomic E-state index is 0.273. The van der Waals surface area contributed by atoms with E-state index in [9.17, 15) is 9.18 Å². The van der Waals surface area contributed by atoms with E-state index in [-0.39, 0.29) is 12.2 Å². The zero-order valence-corrected chi connectivity index (χ0v) is 15.7. The Labute approximate surface area is 162 Å². The van der Waals surface area contributed by atoms with E-state index in [1.54, 1.807) is 6.07 Å². The molecular formula is C21H21FO4S. The summed E-state index contributed by atoms with van der Waals surface area (Å²) < 4.78 is 26.9. The third kappa shape index (κ3) is 3.50. The van der Waals surface area contributed by atoms with Gasteiger partial charge in [0.15, 0.2) is 11.5 Å². The van der Waals surface area contributed by atoms with Crippen molar-refractivity contribution in [3.63, 3.8) is 0 Å². The number of rotatable bonds is 5. The fourth-order valence-corrected chi connectivity index (χ4v) is 3.92. The number of thiol groups is 1. The molecule has 1 spiro atoms. The lowest BCUT2D eigenvalue weighted by Gasteiger charge is -2.21. The van der Waals surface area contributed by atoms with Gasteiger partial charge in [-0.1, -0.05) is 24.3 Å². The molecule has 1 aliphatic carbocycles. The molecule has 4 nitrogen and oxygen atoms in total. The molecule has 4 rings (SSSR count). The number of aliphatic carboxylic acids is 1. The van der Waals surface area contributed by atoms with Gasteiger partial charge in [0.05, 0.1) is 5.25 Å². The minimum atomic E-state index is -0.992. The van der Waals surface area contributed by atoms with Gasteiger partial charge in [0, 0.05) is 18.4 Å². The van der Waals surface area contributed by atoms with Crippen LogP contribution in [-0.2, 0) is 11.2 Å². The summed E-state index contributed by atoms with van der Waals surface area (Å²) in [5.74, 6) is -0.528. The van der Waals surface area contributed by atoms with Crippen LogP contribution < -0.4 is 9.47 Å². The SMILES string of the molecule is O=C(O)C(S)CCc1ccc(-c2cccc3c2OC2(CCCC2)O3)cc1F. The molecule has 2 aliphatic rings. The zero-order chi connectivity index (χ0) is 19.0. The molecule has 0 saturated heterocycles. The number of benzene rings is 2. The van der Waals surface area contributed by atoms with Gasteiger partial charge < -0.3 is 14.6 Å². The first-order valence-electron chi connectivity index (χ1n) is 9.18. The van der Waals surface area contributed by atoms with E-state index >= 15 is 0 Å². The van der Waals surface area contributed by atoms with Crippen molar-refractivity contribution in [3.05, 3.63) is 47.8 Å². The maximum atomic E-state index is 14.6. The summed E-state index contributed by atoms with van der Waals surface area (Å²) in [6.45, 7) is 0. The van der Waals surface area contributed by atoms with Crippen molar-refractivity contribution in [2.24, 2.45) is 0 Å². The molecule has 0 bridgehead atoms. The van der Waals surface area contributed by atoms with Crippen LogP contribution in [-0.4, -0.2) is 22.1 Å². The molecule has 1 N–H and O–H groups in total. The molecule has 1 saturated carbocycles. The lowest BCUT2D eigenvalue weighted by atomic mass is 10.00. The van der Waals surface area contributed by atoms with E-state index in [1.807, 2.05) is 24.3 Å². The van der Waals surface area contributed by atoms with Crippen LogP contribution in [0.2, 0.25) is 0 Å². The van der Waals surface area contributed by atoms with Crippen molar-refractivity contribution >= 4 is 18.6 Å². The van der Waals surface area contributed by atoms with Gasteiger partial charge in [0.25, 0.3) is 5.79 Å². The molecule has 1 atom stereocenters. The number of carboxylic acids is 1. The van der Waals surface area contributed by atoms with Gasteiger partial charge in [-0.25, -0.2) is 4.39 Å². The molecule has 27 heavy (non-hydrogen) atoms. The number of fused-ring (bicyclic) bond motifs is 1. The van der Waals surface area contributed by atoms with E-state index in [2.05, 4.69) is 12.6 Å². The quantitative estimate of drug-likeness (QED) is 0.719. The molecule has 1 heterocycles. The lowest BCUT2D eigenvalue weighted by molar-refractivity contribution is -0.136. The lowest BCUT2D eigenvalue weighted by Crippen LogP contribution is -2.34. The Morgan fingerprint density at radius 2 is 2.00 bits per heavy atom. The van der Waals surface area contributed by atoms with Gasteiger partial charge in [0.2, 0.25) is 0 Å². The van der Waals surface area contributed by atoms with Gasteiger partial charge in [-0.15, -0.1) is 0 Å². The number of hydrogen-bond donors (Lipinski definition) is 2. The second kappa shape index (κ2) is 7.08. The topological polar surface area (TPSA) is 55.8 Å². The number of ether oxygens (including phenoxy) is 2. The summed E-state index contributed by atoms with van der Waals surface area (Å²) in [7, 11) is 0. The first-order chi connectivity index (χ1) is 13.0. The van der Waals surface area contributed by atoms with Crippen molar-refractivity contribution in [1.29, 1.82) is 0 Å². The average molecular weight is 388 g/mol. The predicted octanol–water partition coefficient (Wildman–Crippen LogP) is 4.85. The van der Waals surface area contributed by atoms with E-state index in [0.29, 0.717) is 29.0 Å². The molecule has 2 aromatic rings. The highest BCUT2D eigenvalue weighted by molar-refractivity contribution is 7.81. The number of halogens is 1. The Bertz CT molecular complexity index is 876. The van der Waals surface area contributed by atoms with E-state index < -0.39 is 17.0 Å². The van der Waals surface area contributed by atoms with Crippen LogP contribution >= 0.6 is 12.6 Å². The Morgan fingerprint density at radius 3 is 2.70 bits per heavy atom. The predicted molar refractivity (Wildman–Crippen MR) is 103 cm³/mol. The molecule has 1 fully saturated rings. The van der Waals surface area contributed by atoms with Gasteiger partial charge in [-0.2, -0.15) is 12.6 Å². The highest BCUT2D eigenvalue weighted by atomic mass is 32.1. The van der Waals surface area contributed by atoms with E-state index in [4.69, 9.17) is 14.6 Å². The van der Waals surface area contributed by atoms with Gasteiger partial charge >= 0.3 is 5.97 Å². The van der Waals surface area contributed by atoms with Crippen LogP contribution in [0.3, 0.4) is 0 Å². The van der Waals surface area contributed by atoms with Crippen LogP contribution in [0.1, 0.15) is 37.7 Å². The highest BCUT2D eigenvalue weighted by Gasteiger charge is 2.44. The Kier molecular flexibility index (Phi) is 4.76. The minimum Gasteiger partial charge on any atom is -0.480 e. The maximum absolute atomic E-state index is 14.6. The Balaban J connectivity index is 1.58. The fraction of sp³-hybridized carbons (Fsp3) is 0.381. The van der Waals surface area contributed by atoms with Crippen molar-refractivity contribution in [1.82, 2.24) is 0 Å². The summed E-state index contributed by atoms with van der Waals surface area (Å²) in [6, 6.07) is 10.7. The van der Waals surface area contributed by atoms with Crippen LogP contribution in [0.4, 0.5) is 4.39 Å². The standard InChI is InChI=1S/C21H21FO4S/c22-16-12-14(7-6-13(16)8-9-18(27)20(23)24)15-4-3-5-17-19(15)26-21(25-17)10-1-2-11-21/h3-7,12,18,27H,1-2,8-11H2,(H,23,24). The molecule has 0 radical (unpaired) electrons. The van der Waals surface area contributed by atoms with Crippen molar-refractivity contribution in [2.75, 3.05) is 0 Å². The summed E-state index contributed by atoms with van der Waals surface area (Å²) in [5, 5.41) is 8.11. The molecule has 0 aromatic heterocycles. The first kappa shape index (κ1) is 18.2. The molecular weight excluding hydrogens is 367 g/mol. The van der Waals surface area contributed by atoms with Crippen LogP contribution in [0.15, 0.2) is 36.4 Å². The highest BCUT2D eigenvalue weighted by Crippen LogP contribution is 2.50. The second-order valence-corrected chi connectivity index (χ2v) is 7.78. The normalized spacial score (nSPS) is 18.0. The van der Waals surface area contributed by atoms with Crippen LogP contribution in [0, 0.1) is 5.82 Å². The first-order valence-corrected chi connectivity index (χ1v) is 9.70. The van der Waals surface area contributed by atoms with E-state index in [0.717, 1.165) is 31.2 Å². The van der Waals surface area contributed by atoms with Gasteiger partial charge in [-0.05, 0) is 48.9 Å². The van der Waals surface area contributed by atoms with Crippen molar-refractivity contribution < 1.29 is 23.8 Å². The van der Waals surface area contributed by atoms with Gasteiger partial charge in [-0.3, -0.25) is 4.79 Å². The maximum Gasteiger partial charge on any atom is 0.316 e. The van der Waals surface area contributed by atoms with E-state index in [1.165, 1.54) is 6.07 Å². The molecule has 142 valence electrons. The van der Waals surface area contributed by atoms with Crippen molar-refractivity contribution in [2.45, 2.75) is 49.6 Å². The summed E-state index contributed by atoms with van der Waals surface area (Å²) in [6.07, 6.45) is 4.48. The number of carboxylic acid groups (broad SMARTS) is 1. The fourth-order valence-electron chi connectivity index (χ4n) is 3.79. The molecule has 0 amide bonds. The molecule has 2 aromatic carbocycles. The number of carbonyl (C=O) groups is 1. The summed E-state index contributed by atoms with van der Waals surface area (Å²) in [5.41, 5.74) is 2.00. The summed E-state index contributed by atoms with van der Waals surface area (Å²) in [4.78, 5) is 10.9. The monoisotopic (exact) mass is 388 g/mol. The second-order valence-electron chi connectivity index (χ2n) is 7.15. The third-order valence-corrected chi connectivity index (χ3v) is 5.74. The Hall–Kier alpha value is -2.21. The smallest absolute Gasteiger partial charge is 0.316 e. The van der Waals surface area contributed by atoms with Crippen LogP contribution in [0.25, 0.3) is 11.1 Å². The third-order valence-electron chi connectivity index (χ3n) is 5.26. The molecule has 1 aliphatic heterocycles. The number of hydrogen-bond acceptors (Lipinski definition) is 4. The average Bonchev–Trinajstić information content (AvgIpc) is 3.25. The molecule has 6 heteroatoms. The number of para-hydroxylation sites is 1. The van der Waals surface area contributed by atoms with Gasteiger partial charge in [0.1, 0.15) is 5.82 Å². The largest absolute Gasteiger partial charge is 0.480 e. The number of aryl methyl sites for hydroxylation is 1. The Morgan fingerprint density at radius 1 is 1.22 bits per heavy atom. The molecule has 1 unspecified atom stereocenters. The van der Waals surface area contributed by atoms with Crippen LogP contribution in [0.5, 0.6) is 11.5 Å².